The second-order valence-electron chi connectivity index (χ2n) is 4.20. The molecule has 0 aliphatic rings. The molecule has 0 bridgehead atoms. The second kappa shape index (κ2) is 6.00. The third-order valence-electron chi connectivity index (χ3n) is 2.86. The zero-order chi connectivity index (χ0) is 16.4. The van der Waals surface area contributed by atoms with Gasteiger partial charge in [-0.25, -0.2) is 0 Å². The number of benzene rings is 1. The van der Waals surface area contributed by atoms with Crippen LogP contribution in [0.4, 0.5) is 26.3 Å². The minimum atomic E-state index is -5.51. The van der Waals surface area contributed by atoms with Crippen LogP contribution in [0.3, 0.4) is 0 Å². The summed E-state index contributed by atoms with van der Waals surface area (Å²) in [5, 5.41) is 0. The van der Waals surface area contributed by atoms with Crippen molar-refractivity contribution in [2.45, 2.75) is 18.4 Å². The van der Waals surface area contributed by atoms with E-state index in [1.54, 1.807) is 0 Å². The molecule has 0 saturated carbocycles. The van der Waals surface area contributed by atoms with Gasteiger partial charge in [0.2, 0.25) is 0 Å². The standard InChI is InChI=1S/C12H13F6NO2/c1-20-7-4-3-6(5-8(7)21-2)9(19)10(11(13,14)15)12(16,17)18/h3-5,9-10H,19H2,1-2H3. The van der Waals surface area contributed by atoms with Gasteiger partial charge in [0.05, 0.1) is 20.3 Å². The van der Waals surface area contributed by atoms with E-state index in [0.717, 1.165) is 12.1 Å². The summed E-state index contributed by atoms with van der Waals surface area (Å²) in [6.07, 6.45) is -11.0. The van der Waals surface area contributed by atoms with E-state index >= 15 is 0 Å². The Morgan fingerprint density at radius 3 is 1.76 bits per heavy atom. The highest BCUT2D eigenvalue weighted by Gasteiger charge is 2.59. The van der Waals surface area contributed by atoms with Crippen molar-refractivity contribution in [1.82, 2.24) is 0 Å². The van der Waals surface area contributed by atoms with Crippen LogP contribution in [-0.4, -0.2) is 26.6 Å². The molecule has 3 nitrogen and oxygen atoms in total. The van der Waals surface area contributed by atoms with Crippen LogP contribution in [-0.2, 0) is 0 Å². The molecule has 0 heterocycles. The van der Waals surface area contributed by atoms with Gasteiger partial charge in [0.15, 0.2) is 17.4 Å². The lowest BCUT2D eigenvalue weighted by Crippen LogP contribution is -2.43. The molecule has 0 aromatic heterocycles. The Kier molecular flexibility index (Phi) is 4.98. The Hall–Kier alpha value is -1.64. The Balaban J connectivity index is 3.25. The Labute approximate surface area is 116 Å². The normalized spacial score (nSPS) is 14.2. The van der Waals surface area contributed by atoms with Crippen LogP contribution >= 0.6 is 0 Å². The largest absolute Gasteiger partial charge is 0.493 e. The first-order valence-corrected chi connectivity index (χ1v) is 5.63. The van der Waals surface area contributed by atoms with Crippen LogP contribution in [0.25, 0.3) is 0 Å². The Bertz CT molecular complexity index is 472. The third-order valence-corrected chi connectivity index (χ3v) is 2.86. The smallest absolute Gasteiger partial charge is 0.402 e. The van der Waals surface area contributed by atoms with Gasteiger partial charge in [0, 0.05) is 0 Å². The average molecular weight is 317 g/mol. The topological polar surface area (TPSA) is 44.5 Å². The number of hydrogen-bond acceptors (Lipinski definition) is 3. The van der Waals surface area contributed by atoms with E-state index in [0.29, 0.717) is 0 Å². The molecule has 1 atom stereocenters. The molecule has 9 heteroatoms. The lowest BCUT2D eigenvalue weighted by Gasteiger charge is -2.28. The number of halogens is 6. The average Bonchev–Trinajstić information content (AvgIpc) is 2.34. The minimum absolute atomic E-state index is 0.00597. The van der Waals surface area contributed by atoms with Crippen LogP contribution in [0.2, 0.25) is 0 Å². The highest BCUT2D eigenvalue weighted by Crippen LogP contribution is 2.46. The predicted molar refractivity (Wildman–Crippen MR) is 62.1 cm³/mol. The van der Waals surface area contributed by atoms with E-state index in [1.807, 2.05) is 0 Å². The van der Waals surface area contributed by atoms with Gasteiger partial charge in [-0.15, -0.1) is 0 Å². The van der Waals surface area contributed by atoms with Gasteiger partial charge in [-0.1, -0.05) is 6.07 Å². The van der Waals surface area contributed by atoms with E-state index in [2.05, 4.69) is 0 Å². The van der Waals surface area contributed by atoms with Crippen molar-refractivity contribution in [2.75, 3.05) is 14.2 Å². The fourth-order valence-electron chi connectivity index (χ4n) is 1.85. The summed E-state index contributed by atoms with van der Waals surface area (Å²) < 4.78 is 85.4. The first kappa shape index (κ1) is 17.4. The lowest BCUT2D eigenvalue weighted by molar-refractivity contribution is -0.290. The summed E-state index contributed by atoms with van der Waals surface area (Å²) in [6, 6.07) is 0.923. The van der Waals surface area contributed by atoms with Crippen molar-refractivity contribution < 1.29 is 35.8 Å². The summed E-state index contributed by atoms with van der Waals surface area (Å²) in [7, 11) is 2.49. The van der Waals surface area contributed by atoms with Gasteiger partial charge in [0.1, 0.15) is 0 Å². The molecule has 1 aromatic rings. The second-order valence-corrected chi connectivity index (χ2v) is 4.20. The van der Waals surface area contributed by atoms with Crippen molar-refractivity contribution in [3.8, 4) is 11.5 Å². The molecule has 0 radical (unpaired) electrons. The minimum Gasteiger partial charge on any atom is -0.493 e. The fraction of sp³-hybridized carbons (Fsp3) is 0.500. The molecule has 0 aliphatic heterocycles. The first-order chi connectivity index (χ1) is 9.52. The zero-order valence-electron chi connectivity index (χ0n) is 11.0. The SMILES string of the molecule is COc1ccc(C(N)C(C(F)(F)F)C(F)(F)F)cc1OC. The van der Waals surface area contributed by atoms with Gasteiger partial charge in [-0.2, -0.15) is 26.3 Å². The number of nitrogens with two attached hydrogens (primary N) is 1. The number of methoxy groups -OCH3 is 2. The molecule has 1 aromatic carbocycles. The van der Waals surface area contributed by atoms with Gasteiger partial charge in [0.25, 0.3) is 0 Å². The van der Waals surface area contributed by atoms with Crippen LogP contribution in [0.5, 0.6) is 11.5 Å². The quantitative estimate of drug-likeness (QED) is 0.865. The fourth-order valence-corrected chi connectivity index (χ4v) is 1.85. The highest BCUT2D eigenvalue weighted by atomic mass is 19.4. The van der Waals surface area contributed by atoms with Crippen LogP contribution in [0, 0.1) is 5.92 Å². The van der Waals surface area contributed by atoms with Crippen LogP contribution in [0.15, 0.2) is 18.2 Å². The van der Waals surface area contributed by atoms with Gasteiger partial charge in [-0.3, -0.25) is 0 Å². The maximum atomic E-state index is 12.6. The highest BCUT2D eigenvalue weighted by molar-refractivity contribution is 5.44. The summed E-state index contributed by atoms with van der Waals surface area (Å²) in [5.74, 6) is -3.50. The molecule has 1 unspecified atom stereocenters. The lowest BCUT2D eigenvalue weighted by atomic mass is 9.92. The molecule has 1 rings (SSSR count). The zero-order valence-corrected chi connectivity index (χ0v) is 11.0. The maximum absolute atomic E-state index is 12.6. The van der Waals surface area contributed by atoms with Crippen molar-refractivity contribution in [3.63, 3.8) is 0 Å². The number of ether oxygens (including phenoxy) is 2. The number of hydrogen-bond donors (Lipinski definition) is 1. The Morgan fingerprint density at radius 2 is 1.38 bits per heavy atom. The monoisotopic (exact) mass is 317 g/mol. The molecule has 21 heavy (non-hydrogen) atoms. The first-order valence-electron chi connectivity index (χ1n) is 5.63. The molecule has 2 N–H and O–H groups in total. The van der Waals surface area contributed by atoms with E-state index < -0.39 is 24.3 Å². The van der Waals surface area contributed by atoms with Crippen molar-refractivity contribution in [2.24, 2.45) is 11.7 Å². The van der Waals surface area contributed by atoms with E-state index in [1.165, 1.54) is 20.3 Å². The molecule has 0 fully saturated rings. The molecule has 0 amide bonds. The molecular formula is C12H13F6NO2. The van der Waals surface area contributed by atoms with E-state index in [9.17, 15) is 26.3 Å². The summed E-state index contributed by atoms with van der Waals surface area (Å²) in [6.45, 7) is 0. The summed E-state index contributed by atoms with van der Waals surface area (Å²) in [4.78, 5) is 0. The number of alkyl halides is 6. The van der Waals surface area contributed by atoms with Crippen LogP contribution in [0.1, 0.15) is 11.6 Å². The summed E-state index contributed by atoms with van der Waals surface area (Å²) in [5.41, 5.74) is 4.84. The molecule has 120 valence electrons. The van der Waals surface area contributed by atoms with Gasteiger partial charge < -0.3 is 15.2 Å². The van der Waals surface area contributed by atoms with Crippen LogP contribution < -0.4 is 15.2 Å². The van der Waals surface area contributed by atoms with Crippen molar-refractivity contribution in [1.29, 1.82) is 0 Å². The Morgan fingerprint density at radius 1 is 0.905 bits per heavy atom. The number of rotatable bonds is 4. The van der Waals surface area contributed by atoms with E-state index in [-0.39, 0.29) is 17.1 Å². The van der Waals surface area contributed by atoms with Gasteiger partial charge in [-0.05, 0) is 17.7 Å². The van der Waals surface area contributed by atoms with E-state index in [4.69, 9.17) is 15.2 Å². The summed E-state index contributed by atoms with van der Waals surface area (Å²) >= 11 is 0. The third kappa shape index (κ3) is 3.93. The van der Waals surface area contributed by atoms with Crippen molar-refractivity contribution in [3.05, 3.63) is 23.8 Å². The molecule has 0 saturated heterocycles. The molecule has 0 spiro atoms. The molecular weight excluding hydrogens is 304 g/mol. The molecule has 0 aliphatic carbocycles. The van der Waals surface area contributed by atoms with Crippen molar-refractivity contribution >= 4 is 0 Å². The van der Waals surface area contributed by atoms with Gasteiger partial charge >= 0.3 is 12.4 Å². The predicted octanol–water partition coefficient (Wildman–Crippen LogP) is 3.44. The maximum Gasteiger partial charge on any atom is 0.402 e.